The van der Waals surface area contributed by atoms with Crippen molar-refractivity contribution in [1.82, 2.24) is 9.80 Å². The number of nitro benzene ring substituents is 1. The average Bonchev–Trinajstić information content (AvgIpc) is 2.60. The van der Waals surface area contributed by atoms with Crippen LogP contribution in [0.5, 0.6) is 11.5 Å². The van der Waals surface area contributed by atoms with E-state index in [9.17, 15) is 14.9 Å². The van der Waals surface area contributed by atoms with Crippen LogP contribution in [-0.4, -0.2) is 72.9 Å². The lowest BCUT2D eigenvalue weighted by atomic mass is 10.2. The number of nitrogens with zero attached hydrogens (tertiary/aromatic N) is 3. The van der Waals surface area contributed by atoms with Crippen molar-refractivity contribution in [1.29, 1.82) is 0 Å². The first kappa shape index (κ1) is 20.8. The summed E-state index contributed by atoms with van der Waals surface area (Å²) in [5, 5.41) is 10.9. The van der Waals surface area contributed by atoms with Gasteiger partial charge in [0.05, 0.1) is 18.1 Å². The molecule has 0 N–H and O–H groups in total. The Morgan fingerprint density at radius 3 is 2.41 bits per heavy atom. The molecule has 1 aliphatic rings. The molecule has 2 rings (SSSR count). The highest BCUT2D eigenvalue weighted by Gasteiger charge is 2.25. The Hall–Kier alpha value is -2.55. The molecule has 0 atom stereocenters. The summed E-state index contributed by atoms with van der Waals surface area (Å²) in [7, 11) is 1.49. The van der Waals surface area contributed by atoms with E-state index in [-0.39, 0.29) is 11.8 Å². The second kappa shape index (κ2) is 8.90. The fourth-order valence-electron chi connectivity index (χ4n) is 2.66. The average molecular weight is 381 g/mol. The first-order valence-electron chi connectivity index (χ1n) is 8.85. The maximum atomic E-state index is 12.1. The summed E-state index contributed by atoms with van der Waals surface area (Å²) < 4.78 is 16.3. The van der Waals surface area contributed by atoms with Gasteiger partial charge in [-0.25, -0.2) is 4.79 Å². The Balaban J connectivity index is 1.80. The Bertz CT molecular complexity index is 666. The normalized spacial score (nSPS) is 15.3. The number of carbonyl (C=O) groups is 1. The summed E-state index contributed by atoms with van der Waals surface area (Å²) in [6.45, 7) is 9.17. The van der Waals surface area contributed by atoms with Crippen LogP contribution < -0.4 is 9.47 Å². The predicted octanol–water partition coefficient (Wildman–Crippen LogP) is 2.53. The molecule has 1 aromatic carbocycles. The van der Waals surface area contributed by atoms with E-state index in [1.54, 1.807) is 4.90 Å². The van der Waals surface area contributed by atoms with Crippen molar-refractivity contribution in [3.8, 4) is 11.5 Å². The monoisotopic (exact) mass is 381 g/mol. The molecule has 0 radical (unpaired) electrons. The molecule has 0 bridgehead atoms. The van der Waals surface area contributed by atoms with Crippen LogP contribution in [0, 0.1) is 10.1 Å². The van der Waals surface area contributed by atoms with Gasteiger partial charge in [-0.3, -0.25) is 15.0 Å². The molecule has 9 nitrogen and oxygen atoms in total. The predicted molar refractivity (Wildman–Crippen MR) is 99.4 cm³/mol. The smallest absolute Gasteiger partial charge is 0.410 e. The summed E-state index contributed by atoms with van der Waals surface area (Å²) >= 11 is 0. The van der Waals surface area contributed by atoms with Gasteiger partial charge in [0, 0.05) is 38.8 Å². The molecular formula is C18H27N3O6. The third kappa shape index (κ3) is 6.28. The first-order chi connectivity index (χ1) is 12.7. The molecule has 0 saturated carbocycles. The summed E-state index contributed by atoms with van der Waals surface area (Å²) in [6, 6.07) is 4.26. The zero-order chi connectivity index (χ0) is 20.0. The van der Waals surface area contributed by atoms with Crippen LogP contribution in [0.2, 0.25) is 0 Å². The SMILES string of the molecule is COc1ccc([N+](=O)[O-])cc1OCCN1CCN(C(=O)OC(C)(C)C)CC1. The Labute approximate surface area is 158 Å². The number of hydrogen-bond acceptors (Lipinski definition) is 7. The minimum absolute atomic E-state index is 0.0447. The van der Waals surface area contributed by atoms with Crippen LogP contribution in [0.3, 0.4) is 0 Å². The van der Waals surface area contributed by atoms with Crippen molar-refractivity contribution in [2.24, 2.45) is 0 Å². The van der Waals surface area contributed by atoms with Gasteiger partial charge in [0.25, 0.3) is 5.69 Å². The molecule has 0 aromatic heterocycles. The molecule has 0 aliphatic carbocycles. The second-order valence-corrected chi connectivity index (χ2v) is 7.25. The molecule has 1 fully saturated rings. The molecule has 1 aromatic rings. The van der Waals surface area contributed by atoms with Gasteiger partial charge < -0.3 is 19.1 Å². The number of methoxy groups -OCH3 is 1. The summed E-state index contributed by atoms with van der Waals surface area (Å²) in [5.41, 5.74) is -0.545. The first-order valence-corrected chi connectivity index (χ1v) is 8.85. The highest BCUT2D eigenvalue weighted by molar-refractivity contribution is 5.68. The van der Waals surface area contributed by atoms with E-state index < -0.39 is 10.5 Å². The van der Waals surface area contributed by atoms with Gasteiger partial charge >= 0.3 is 6.09 Å². The number of benzene rings is 1. The zero-order valence-electron chi connectivity index (χ0n) is 16.3. The van der Waals surface area contributed by atoms with Crippen LogP contribution in [0.15, 0.2) is 18.2 Å². The van der Waals surface area contributed by atoms with Gasteiger partial charge in [-0.2, -0.15) is 0 Å². The van der Waals surface area contributed by atoms with Gasteiger partial charge in [-0.15, -0.1) is 0 Å². The number of hydrogen-bond donors (Lipinski definition) is 0. The third-order valence-corrected chi connectivity index (χ3v) is 4.05. The maximum absolute atomic E-state index is 12.1. The Morgan fingerprint density at radius 1 is 1.19 bits per heavy atom. The van der Waals surface area contributed by atoms with Crippen molar-refractivity contribution in [3.63, 3.8) is 0 Å². The minimum atomic E-state index is -0.501. The quantitative estimate of drug-likeness (QED) is 0.552. The van der Waals surface area contributed by atoms with Crippen LogP contribution >= 0.6 is 0 Å². The molecular weight excluding hydrogens is 354 g/mol. The number of amides is 1. The van der Waals surface area contributed by atoms with E-state index in [2.05, 4.69) is 4.90 Å². The highest BCUT2D eigenvalue weighted by atomic mass is 16.6. The number of carbonyl (C=O) groups excluding carboxylic acids is 1. The van der Waals surface area contributed by atoms with Crippen LogP contribution in [0.4, 0.5) is 10.5 Å². The molecule has 1 amide bonds. The molecule has 0 unspecified atom stereocenters. The van der Waals surface area contributed by atoms with E-state index in [1.165, 1.54) is 25.3 Å². The molecule has 27 heavy (non-hydrogen) atoms. The van der Waals surface area contributed by atoms with Crippen LogP contribution in [0.1, 0.15) is 20.8 Å². The summed E-state index contributed by atoms with van der Waals surface area (Å²) in [6.07, 6.45) is -0.292. The van der Waals surface area contributed by atoms with Gasteiger partial charge in [-0.05, 0) is 26.8 Å². The molecule has 9 heteroatoms. The van der Waals surface area contributed by atoms with Crippen LogP contribution in [-0.2, 0) is 4.74 Å². The number of ether oxygens (including phenoxy) is 3. The molecule has 1 saturated heterocycles. The molecule has 1 heterocycles. The van der Waals surface area contributed by atoms with Crippen molar-refractivity contribution < 1.29 is 23.9 Å². The molecule has 1 aliphatic heterocycles. The number of rotatable bonds is 6. The van der Waals surface area contributed by atoms with E-state index >= 15 is 0 Å². The topological polar surface area (TPSA) is 94.4 Å². The fourth-order valence-corrected chi connectivity index (χ4v) is 2.66. The van der Waals surface area contributed by atoms with E-state index in [4.69, 9.17) is 14.2 Å². The fraction of sp³-hybridized carbons (Fsp3) is 0.611. The highest BCUT2D eigenvalue weighted by Crippen LogP contribution is 2.31. The maximum Gasteiger partial charge on any atom is 0.410 e. The number of piperazine rings is 1. The van der Waals surface area contributed by atoms with Crippen LogP contribution in [0.25, 0.3) is 0 Å². The lowest BCUT2D eigenvalue weighted by Crippen LogP contribution is -2.50. The lowest BCUT2D eigenvalue weighted by molar-refractivity contribution is -0.385. The van der Waals surface area contributed by atoms with Crippen molar-refractivity contribution in [2.45, 2.75) is 26.4 Å². The van der Waals surface area contributed by atoms with Gasteiger partial charge in [0.2, 0.25) is 0 Å². The summed E-state index contributed by atoms with van der Waals surface area (Å²) in [5.74, 6) is 0.800. The largest absolute Gasteiger partial charge is 0.493 e. The van der Waals surface area contributed by atoms with Crippen molar-refractivity contribution in [2.75, 3.05) is 46.4 Å². The minimum Gasteiger partial charge on any atom is -0.493 e. The van der Waals surface area contributed by atoms with Crippen molar-refractivity contribution in [3.05, 3.63) is 28.3 Å². The van der Waals surface area contributed by atoms with Gasteiger partial charge in [0.1, 0.15) is 12.2 Å². The van der Waals surface area contributed by atoms with Gasteiger partial charge in [-0.1, -0.05) is 0 Å². The van der Waals surface area contributed by atoms with E-state index in [0.717, 1.165) is 0 Å². The standard InChI is InChI=1S/C18H27N3O6/c1-18(2,3)27-17(22)20-9-7-19(8-10-20)11-12-26-16-13-14(21(23)24)5-6-15(16)25-4/h5-6,13H,7-12H2,1-4H3. The number of non-ortho nitro benzene ring substituents is 1. The molecule has 150 valence electrons. The molecule has 0 spiro atoms. The zero-order valence-corrected chi connectivity index (χ0v) is 16.3. The van der Waals surface area contributed by atoms with E-state index in [1.807, 2.05) is 20.8 Å². The third-order valence-electron chi connectivity index (χ3n) is 4.05. The second-order valence-electron chi connectivity index (χ2n) is 7.25. The number of nitro groups is 1. The van der Waals surface area contributed by atoms with Gasteiger partial charge in [0.15, 0.2) is 11.5 Å². The van der Waals surface area contributed by atoms with Crippen molar-refractivity contribution >= 4 is 11.8 Å². The Morgan fingerprint density at radius 2 is 1.85 bits per heavy atom. The summed E-state index contributed by atoms with van der Waals surface area (Å²) in [4.78, 5) is 26.4. The Kier molecular flexibility index (Phi) is 6.84. The lowest BCUT2D eigenvalue weighted by Gasteiger charge is -2.35. The van der Waals surface area contributed by atoms with E-state index in [0.29, 0.717) is 50.8 Å².